The summed E-state index contributed by atoms with van der Waals surface area (Å²) < 4.78 is 8.20. The molecule has 2 aromatic rings. The van der Waals surface area contributed by atoms with Gasteiger partial charge in [0.15, 0.2) is 4.77 Å². The molecule has 0 fully saturated rings. The summed E-state index contributed by atoms with van der Waals surface area (Å²) in [6.45, 7) is 8.40. The summed E-state index contributed by atoms with van der Waals surface area (Å²) in [6.07, 6.45) is 0. The number of methoxy groups -OCH3 is 1. The highest BCUT2D eigenvalue weighted by molar-refractivity contribution is 7.71. The highest BCUT2D eigenvalue weighted by Gasteiger charge is 2.07. The molecule has 19 heavy (non-hydrogen) atoms. The Bertz CT molecular complexity index is 598. The van der Waals surface area contributed by atoms with Crippen LogP contribution < -0.4 is 4.74 Å². The molecular weight excluding hydrogens is 258 g/mol. The smallest absolute Gasteiger partial charge is 0.178 e. The number of benzene rings is 1. The Morgan fingerprint density at radius 2 is 2.05 bits per heavy atom. The number of ether oxygens (including phenoxy) is 1. The molecule has 0 aliphatic heterocycles. The number of nitrogens with one attached hydrogen (secondary N) is 1. The zero-order valence-electron chi connectivity index (χ0n) is 11.8. The molecule has 0 saturated carbocycles. The largest absolute Gasteiger partial charge is 0.497 e. The Morgan fingerprint density at radius 1 is 1.32 bits per heavy atom. The number of aromatic amines is 1. The lowest BCUT2D eigenvalue weighted by Gasteiger charge is -2.18. The van der Waals surface area contributed by atoms with Crippen molar-refractivity contribution in [2.45, 2.75) is 20.4 Å². The monoisotopic (exact) mass is 279 g/mol. The maximum atomic E-state index is 5.41. The second-order valence-corrected chi connectivity index (χ2v) is 4.88. The third kappa shape index (κ3) is 2.98. The number of fused-ring (bicyclic) bond motifs is 1. The molecule has 0 aliphatic rings. The van der Waals surface area contributed by atoms with Crippen molar-refractivity contribution >= 4 is 23.3 Å². The standard InChI is InChI=1S/C14H21N3OS/c1-4-16(5-2)8-9-17-13-10-11(18-3)6-7-12(13)15-14(17)19/h6-7,10H,4-5,8-9H2,1-3H3,(H,15,19). The van der Waals surface area contributed by atoms with E-state index in [-0.39, 0.29) is 0 Å². The Morgan fingerprint density at radius 3 is 2.68 bits per heavy atom. The Balaban J connectivity index is 2.31. The molecule has 0 spiro atoms. The topological polar surface area (TPSA) is 33.2 Å². The summed E-state index contributed by atoms with van der Waals surface area (Å²) in [4.78, 5) is 5.63. The van der Waals surface area contributed by atoms with Crippen molar-refractivity contribution in [3.63, 3.8) is 0 Å². The summed E-state index contributed by atoms with van der Waals surface area (Å²) in [5, 5.41) is 0. The number of H-pyrrole nitrogens is 1. The Kier molecular flexibility index (Phi) is 4.61. The van der Waals surface area contributed by atoms with Crippen molar-refractivity contribution in [2.75, 3.05) is 26.7 Å². The minimum absolute atomic E-state index is 0.774. The van der Waals surface area contributed by atoms with Gasteiger partial charge in [0, 0.05) is 19.2 Å². The van der Waals surface area contributed by atoms with E-state index in [4.69, 9.17) is 17.0 Å². The Labute approximate surface area is 119 Å². The van der Waals surface area contributed by atoms with E-state index < -0.39 is 0 Å². The first-order valence-electron chi connectivity index (χ1n) is 6.68. The van der Waals surface area contributed by atoms with E-state index in [0.717, 1.165) is 47.7 Å². The van der Waals surface area contributed by atoms with Crippen LogP contribution in [0.2, 0.25) is 0 Å². The number of rotatable bonds is 6. The zero-order chi connectivity index (χ0) is 13.8. The molecule has 1 N–H and O–H groups in total. The van der Waals surface area contributed by atoms with Crippen LogP contribution in [0.15, 0.2) is 18.2 Å². The first kappa shape index (κ1) is 14.1. The van der Waals surface area contributed by atoms with Crippen LogP contribution >= 0.6 is 12.2 Å². The van der Waals surface area contributed by atoms with Gasteiger partial charge in [-0.2, -0.15) is 0 Å². The van der Waals surface area contributed by atoms with Crippen molar-refractivity contribution in [2.24, 2.45) is 0 Å². The lowest BCUT2D eigenvalue weighted by atomic mass is 10.3. The van der Waals surface area contributed by atoms with E-state index in [2.05, 4.69) is 28.3 Å². The molecule has 0 radical (unpaired) electrons. The molecule has 0 unspecified atom stereocenters. The molecule has 0 bridgehead atoms. The molecule has 104 valence electrons. The molecule has 1 aromatic heterocycles. The summed E-state index contributed by atoms with van der Waals surface area (Å²) in [6, 6.07) is 5.99. The van der Waals surface area contributed by atoms with Crippen molar-refractivity contribution in [3.05, 3.63) is 23.0 Å². The number of aromatic nitrogens is 2. The van der Waals surface area contributed by atoms with Crippen LogP contribution in [-0.4, -0.2) is 41.2 Å². The van der Waals surface area contributed by atoms with Gasteiger partial charge in [0.1, 0.15) is 5.75 Å². The predicted molar refractivity (Wildman–Crippen MR) is 81.5 cm³/mol. The van der Waals surface area contributed by atoms with E-state index >= 15 is 0 Å². The molecular formula is C14H21N3OS. The van der Waals surface area contributed by atoms with Gasteiger partial charge < -0.3 is 19.2 Å². The van der Waals surface area contributed by atoms with Gasteiger partial charge >= 0.3 is 0 Å². The third-order valence-corrected chi connectivity index (χ3v) is 3.84. The normalized spacial score (nSPS) is 11.4. The predicted octanol–water partition coefficient (Wildman–Crippen LogP) is 3.05. The highest BCUT2D eigenvalue weighted by atomic mass is 32.1. The van der Waals surface area contributed by atoms with Gasteiger partial charge in [-0.15, -0.1) is 0 Å². The van der Waals surface area contributed by atoms with E-state index in [0.29, 0.717) is 0 Å². The van der Waals surface area contributed by atoms with Crippen molar-refractivity contribution in [1.82, 2.24) is 14.5 Å². The van der Waals surface area contributed by atoms with E-state index in [1.165, 1.54) is 0 Å². The number of likely N-dealkylation sites (N-methyl/N-ethyl adjacent to an activating group) is 1. The van der Waals surface area contributed by atoms with Crippen molar-refractivity contribution < 1.29 is 4.74 Å². The first-order chi connectivity index (χ1) is 9.19. The molecule has 5 heteroatoms. The number of nitrogens with zero attached hydrogens (tertiary/aromatic N) is 2. The number of hydrogen-bond acceptors (Lipinski definition) is 3. The Hall–Kier alpha value is -1.33. The van der Waals surface area contributed by atoms with Gasteiger partial charge in [0.2, 0.25) is 0 Å². The third-order valence-electron chi connectivity index (χ3n) is 3.52. The van der Waals surface area contributed by atoms with Crippen LogP contribution in [0, 0.1) is 4.77 Å². The highest BCUT2D eigenvalue weighted by Crippen LogP contribution is 2.20. The molecule has 1 aromatic carbocycles. The van der Waals surface area contributed by atoms with Gasteiger partial charge in [-0.25, -0.2) is 0 Å². The maximum absolute atomic E-state index is 5.41. The minimum atomic E-state index is 0.774. The van der Waals surface area contributed by atoms with Gasteiger partial charge in [-0.05, 0) is 37.4 Å². The van der Waals surface area contributed by atoms with Gasteiger partial charge in [-0.3, -0.25) is 0 Å². The van der Waals surface area contributed by atoms with Crippen LogP contribution in [0.4, 0.5) is 0 Å². The van der Waals surface area contributed by atoms with Gasteiger partial charge in [-0.1, -0.05) is 13.8 Å². The summed E-state index contributed by atoms with van der Waals surface area (Å²) in [5.74, 6) is 0.859. The molecule has 2 rings (SSSR count). The van der Waals surface area contributed by atoms with Crippen LogP contribution in [0.5, 0.6) is 5.75 Å². The van der Waals surface area contributed by atoms with E-state index in [1.807, 2.05) is 18.2 Å². The fraction of sp³-hybridized carbons (Fsp3) is 0.500. The quantitative estimate of drug-likeness (QED) is 0.825. The lowest BCUT2D eigenvalue weighted by Crippen LogP contribution is -2.27. The summed E-state index contributed by atoms with van der Waals surface area (Å²) >= 11 is 5.41. The van der Waals surface area contributed by atoms with Gasteiger partial charge in [0.05, 0.1) is 18.1 Å². The minimum Gasteiger partial charge on any atom is -0.497 e. The van der Waals surface area contributed by atoms with Crippen LogP contribution in [-0.2, 0) is 6.54 Å². The second kappa shape index (κ2) is 6.21. The first-order valence-corrected chi connectivity index (χ1v) is 7.09. The number of imidazole rings is 1. The average molecular weight is 279 g/mol. The van der Waals surface area contributed by atoms with Crippen LogP contribution in [0.1, 0.15) is 13.8 Å². The van der Waals surface area contributed by atoms with E-state index in [9.17, 15) is 0 Å². The summed E-state index contributed by atoms with van der Waals surface area (Å²) in [7, 11) is 1.68. The van der Waals surface area contributed by atoms with Crippen molar-refractivity contribution in [3.8, 4) is 5.75 Å². The molecule has 0 aliphatic carbocycles. The SMILES string of the molecule is CCN(CC)CCn1c(=S)[nH]c2ccc(OC)cc21. The number of hydrogen-bond donors (Lipinski definition) is 1. The average Bonchev–Trinajstić information content (AvgIpc) is 2.75. The molecule has 1 heterocycles. The van der Waals surface area contributed by atoms with Gasteiger partial charge in [0.25, 0.3) is 0 Å². The fourth-order valence-electron chi connectivity index (χ4n) is 2.26. The van der Waals surface area contributed by atoms with Crippen LogP contribution in [0.3, 0.4) is 0 Å². The van der Waals surface area contributed by atoms with Crippen molar-refractivity contribution in [1.29, 1.82) is 0 Å². The fourth-order valence-corrected chi connectivity index (χ4v) is 2.56. The summed E-state index contributed by atoms with van der Waals surface area (Å²) in [5.41, 5.74) is 2.17. The maximum Gasteiger partial charge on any atom is 0.178 e. The molecule has 0 atom stereocenters. The lowest BCUT2D eigenvalue weighted by molar-refractivity contribution is 0.291. The molecule has 4 nitrogen and oxygen atoms in total. The van der Waals surface area contributed by atoms with Crippen LogP contribution in [0.25, 0.3) is 11.0 Å². The molecule has 0 saturated heterocycles. The second-order valence-electron chi connectivity index (χ2n) is 4.49. The molecule has 0 amide bonds. The zero-order valence-corrected chi connectivity index (χ0v) is 12.6. The van der Waals surface area contributed by atoms with E-state index in [1.54, 1.807) is 7.11 Å².